The minimum atomic E-state index is -0.00497. The van der Waals surface area contributed by atoms with Gasteiger partial charge in [0, 0.05) is 12.5 Å². The Kier molecular flexibility index (Phi) is 2.46. The van der Waals surface area contributed by atoms with Crippen molar-refractivity contribution in [3.8, 4) is 0 Å². The maximum atomic E-state index is 12.2. The first-order chi connectivity index (χ1) is 9.84. The van der Waals surface area contributed by atoms with Gasteiger partial charge in [-0.1, -0.05) is 48.5 Å². The molecule has 1 atom stereocenters. The van der Waals surface area contributed by atoms with Gasteiger partial charge in [0.15, 0.2) is 0 Å². The first-order valence-electron chi connectivity index (χ1n) is 6.82. The van der Waals surface area contributed by atoms with Crippen LogP contribution < -0.4 is 4.90 Å². The summed E-state index contributed by atoms with van der Waals surface area (Å²) in [6, 6.07) is 16.7. The summed E-state index contributed by atoms with van der Waals surface area (Å²) >= 11 is 0. The molecule has 1 amide bonds. The lowest BCUT2D eigenvalue weighted by Crippen LogP contribution is -2.30. The van der Waals surface area contributed by atoms with Gasteiger partial charge in [0.2, 0.25) is 0 Å². The summed E-state index contributed by atoms with van der Waals surface area (Å²) in [6.45, 7) is 1.30. The molecule has 2 aromatic rings. The maximum absolute atomic E-state index is 12.2. The molecule has 0 saturated carbocycles. The van der Waals surface area contributed by atoms with Crippen LogP contribution in [0.3, 0.4) is 0 Å². The molecule has 98 valence electrons. The molecule has 0 saturated heterocycles. The molecule has 0 aliphatic carbocycles. The Labute approximate surface area is 117 Å². The van der Waals surface area contributed by atoms with Gasteiger partial charge in [0.05, 0.1) is 18.4 Å². The Morgan fingerprint density at radius 3 is 2.75 bits per heavy atom. The van der Waals surface area contributed by atoms with E-state index in [9.17, 15) is 4.79 Å². The smallest absolute Gasteiger partial charge is 0.269 e. The molecule has 3 nitrogen and oxygen atoms in total. The Morgan fingerprint density at radius 2 is 1.90 bits per heavy atom. The fraction of sp³-hybridized carbons (Fsp3) is 0.176. The number of carbonyl (C=O) groups is 1. The average molecular weight is 262 g/mol. The summed E-state index contributed by atoms with van der Waals surface area (Å²) in [4.78, 5) is 18.3. The number of aliphatic imine (C=N–C) groups is 1. The van der Waals surface area contributed by atoms with Crippen molar-refractivity contribution in [2.75, 3.05) is 11.4 Å². The fourth-order valence-corrected chi connectivity index (χ4v) is 3.18. The Morgan fingerprint density at radius 1 is 1.05 bits per heavy atom. The van der Waals surface area contributed by atoms with Crippen LogP contribution in [0.25, 0.3) is 0 Å². The van der Waals surface area contributed by atoms with Crippen molar-refractivity contribution in [2.24, 2.45) is 4.99 Å². The van der Waals surface area contributed by atoms with E-state index in [4.69, 9.17) is 0 Å². The van der Waals surface area contributed by atoms with Gasteiger partial charge in [0.1, 0.15) is 0 Å². The van der Waals surface area contributed by atoms with Gasteiger partial charge in [0.25, 0.3) is 5.91 Å². The highest BCUT2D eigenvalue weighted by molar-refractivity contribution is 6.33. The third-order valence-corrected chi connectivity index (χ3v) is 4.09. The standard InChI is InChI=1S/C17H14N2O/c20-16-10-18-9-13-7-4-8-14-15(11-19(16)17(13)14)12-5-2-1-3-6-12/h1-8,10,15H,9,11H2. The Balaban J connectivity index is 1.89. The first kappa shape index (κ1) is 11.4. The van der Waals surface area contributed by atoms with Gasteiger partial charge >= 0.3 is 0 Å². The molecule has 0 bridgehead atoms. The topological polar surface area (TPSA) is 32.7 Å². The number of benzene rings is 2. The molecular formula is C17H14N2O. The molecule has 0 radical (unpaired) electrons. The largest absolute Gasteiger partial charge is 0.306 e. The molecule has 2 aliphatic heterocycles. The van der Waals surface area contributed by atoms with Crippen LogP contribution in [-0.4, -0.2) is 18.7 Å². The number of rotatable bonds is 1. The minimum absolute atomic E-state index is 0.00497. The van der Waals surface area contributed by atoms with Gasteiger partial charge in [-0.05, 0) is 16.7 Å². The maximum Gasteiger partial charge on any atom is 0.269 e. The molecule has 4 rings (SSSR count). The quantitative estimate of drug-likeness (QED) is 0.777. The number of para-hydroxylation sites is 1. The lowest BCUT2D eigenvalue weighted by atomic mass is 9.92. The molecule has 20 heavy (non-hydrogen) atoms. The Hall–Kier alpha value is -2.42. The molecule has 0 N–H and O–H groups in total. The number of amides is 1. The highest BCUT2D eigenvalue weighted by atomic mass is 16.2. The SMILES string of the molecule is O=C1C=NCc2cccc3c2N1CC3c1ccccc1. The van der Waals surface area contributed by atoms with Crippen molar-refractivity contribution in [1.82, 2.24) is 0 Å². The van der Waals surface area contributed by atoms with Crippen LogP contribution >= 0.6 is 0 Å². The zero-order chi connectivity index (χ0) is 13.5. The van der Waals surface area contributed by atoms with Crippen molar-refractivity contribution >= 4 is 17.8 Å². The van der Waals surface area contributed by atoms with E-state index in [2.05, 4.69) is 47.5 Å². The molecule has 2 aromatic carbocycles. The second kappa shape index (κ2) is 4.30. The Bertz CT molecular complexity index is 706. The van der Waals surface area contributed by atoms with Crippen LogP contribution in [-0.2, 0) is 11.3 Å². The van der Waals surface area contributed by atoms with E-state index in [-0.39, 0.29) is 11.8 Å². The monoisotopic (exact) mass is 262 g/mol. The lowest BCUT2D eigenvalue weighted by Gasteiger charge is -2.15. The predicted molar refractivity (Wildman–Crippen MR) is 79.3 cm³/mol. The van der Waals surface area contributed by atoms with Crippen molar-refractivity contribution in [2.45, 2.75) is 12.5 Å². The van der Waals surface area contributed by atoms with Gasteiger partial charge < -0.3 is 4.90 Å². The van der Waals surface area contributed by atoms with Crippen molar-refractivity contribution in [1.29, 1.82) is 0 Å². The molecule has 2 aliphatic rings. The zero-order valence-electron chi connectivity index (χ0n) is 11.0. The molecule has 0 aromatic heterocycles. The predicted octanol–water partition coefficient (Wildman–Crippen LogP) is 2.75. The van der Waals surface area contributed by atoms with Crippen LogP contribution in [0.5, 0.6) is 0 Å². The van der Waals surface area contributed by atoms with Crippen molar-refractivity contribution in [3.05, 3.63) is 65.2 Å². The average Bonchev–Trinajstić information content (AvgIpc) is 2.80. The van der Waals surface area contributed by atoms with E-state index in [1.54, 1.807) is 0 Å². The molecule has 3 heteroatoms. The number of nitrogens with zero attached hydrogens (tertiary/aromatic N) is 2. The summed E-state index contributed by atoms with van der Waals surface area (Å²) in [7, 11) is 0. The van der Waals surface area contributed by atoms with Crippen LogP contribution in [0, 0.1) is 0 Å². The van der Waals surface area contributed by atoms with Crippen LogP contribution in [0.2, 0.25) is 0 Å². The van der Waals surface area contributed by atoms with E-state index >= 15 is 0 Å². The fourth-order valence-electron chi connectivity index (χ4n) is 3.18. The summed E-state index contributed by atoms with van der Waals surface area (Å²) < 4.78 is 0. The summed E-state index contributed by atoms with van der Waals surface area (Å²) in [5.41, 5.74) is 4.72. The molecule has 1 unspecified atom stereocenters. The molecule has 2 heterocycles. The van der Waals surface area contributed by atoms with Gasteiger partial charge in [-0.3, -0.25) is 9.79 Å². The molecule has 0 spiro atoms. The number of hydrogen-bond acceptors (Lipinski definition) is 2. The summed E-state index contributed by atoms with van der Waals surface area (Å²) in [5.74, 6) is 0.260. The highest BCUT2D eigenvalue weighted by Gasteiger charge is 2.35. The van der Waals surface area contributed by atoms with E-state index in [1.165, 1.54) is 17.3 Å². The van der Waals surface area contributed by atoms with Crippen molar-refractivity contribution in [3.63, 3.8) is 0 Å². The highest BCUT2D eigenvalue weighted by Crippen LogP contribution is 2.42. The van der Waals surface area contributed by atoms with E-state index in [0.717, 1.165) is 11.3 Å². The number of hydrogen-bond donors (Lipinski definition) is 0. The summed E-state index contributed by atoms with van der Waals surface area (Å²) in [5, 5.41) is 0. The normalized spacial score (nSPS) is 19.9. The van der Waals surface area contributed by atoms with Gasteiger partial charge in [-0.15, -0.1) is 0 Å². The third kappa shape index (κ3) is 1.59. The number of anilines is 1. The van der Waals surface area contributed by atoms with Gasteiger partial charge in [-0.25, -0.2) is 0 Å². The van der Waals surface area contributed by atoms with E-state index in [0.29, 0.717) is 13.1 Å². The lowest BCUT2D eigenvalue weighted by molar-refractivity contribution is -0.112. The van der Waals surface area contributed by atoms with Crippen LogP contribution in [0.4, 0.5) is 5.69 Å². The first-order valence-corrected chi connectivity index (χ1v) is 6.82. The second-order valence-corrected chi connectivity index (χ2v) is 5.24. The van der Waals surface area contributed by atoms with E-state index in [1.807, 2.05) is 11.0 Å². The summed E-state index contributed by atoms with van der Waals surface area (Å²) in [6.07, 6.45) is 1.46. The minimum Gasteiger partial charge on any atom is -0.306 e. The number of carbonyl (C=O) groups excluding carboxylic acids is 1. The molecule has 0 fully saturated rings. The third-order valence-electron chi connectivity index (χ3n) is 4.09. The second-order valence-electron chi connectivity index (χ2n) is 5.24. The zero-order valence-corrected chi connectivity index (χ0v) is 11.0. The van der Waals surface area contributed by atoms with Crippen LogP contribution in [0.15, 0.2) is 53.5 Å². The van der Waals surface area contributed by atoms with Gasteiger partial charge in [-0.2, -0.15) is 0 Å². The van der Waals surface area contributed by atoms with Crippen molar-refractivity contribution < 1.29 is 4.79 Å². The van der Waals surface area contributed by atoms with E-state index < -0.39 is 0 Å². The molecular weight excluding hydrogens is 248 g/mol. The van der Waals surface area contributed by atoms with Crippen LogP contribution in [0.1, 0.15) is 22.6 Å².